The first-order valence-electron chi connectivity index (χ1n) is 6.11. The normalized spacial score (nSPS) is 24.4. The zero-order valence-electron chi connectivity index (χ0n) is 10.3. The molecule has 0 saturated heterocycles. The highest BCUT2D eigenvalue weighted by Crippen LogP contribution is 2.22. The zero-order valence-corrected chi connectivity index (χ0v) is 11.8. The Labute approximate surface area is 117 Å². The summed E-state index contributed by atoms with van der Waals surface area (Å²) in [6.07, 6.45) is 2.90. The average molecular weight is 307 g/mol. The van der Waals surface area contributed by atoms with Gasteiger partial charge in [0.05, 0.1) is 0 Å². The molecule has 0 bridgehead atoms. The van der Waals surface area contributed by atoms with Crippen LogP contribution in [0.25, 0.3) is 0 Å². The maximum atomic E-state index is 13.6. The van der Waals surface area contributed by atoms with E-state index in [0.717, 1.165) is 18.9 Å². The van der Waals surface area contributed by atoms with E-state index in [0.29, 0.717) is 12.8 Å². The topological polar surface area (TPSA) is 72.2 Å². The number of rotatable bonds is 3. The fourth-order valence-corrected chi connectivity index (χ4v) is 3.74. The molecule has 0 atom stereocenters. The van der Waals surface area contributed by atoms with Crippen molar-refractivity contribution in [2.75, 3.05) is 0 Å². The van der Waals surface area contributed by atoms with Gasteiger partial charge in [-0.1, -0.05) is 11.6 Å². The Morgan fingerprint density at radius 2 is 1.89 bits per heavy atom. The van der Waals surface area contributed by atoms with E-state index in [4.69, 9.17) is 17.3 Å². The first kappa shape index (κ1) is 14.7. The Morgan fingerprint density at radius 3 is 2.47 bits per heavy atom. The van der Waals surface area contributed by atoms with Crippen LogP contribution in [0.3, 0.4) is 0 Å². The number of benzene rings is 1. The second-order valence-electron chi connectivity index (χ2n) is 4.81. The van der Waals surface area contributed by atoms with Crippen molar-refractivity contribution in [1.82, 2.24) is 4.72 Å². The molecule has 0 aromatic heterocycles. The molecule has 2 rings (SSSR count). The quantitative estimate of drug-likeness (QED) is 0.897. The summed E-state index contributed by atoms with van der Waals surface area (Å²) in [5.74, 6) is -0.840. The summed E-state index contributed by atoms with van der Waals surface area (Å²) in [6.45, 7) is 0. The molecule has 1 saturated carbocycles. The van der Waals surface area contributed by atoms with Gasteiger partial charge < -0.3 is 5.73 Å². The molecule has 1 aromatic rings. The lowest BCUT2D eigenvalue weighted by atomic mass is 9.93. The Hall–Kier alpha value is -0.690. The molecule has 0 unspecified atom stereocenters. The van der Waals surface area contributed by atoms with Crippen molar-refractivity contribution in [3.8, 4) is 0 Å². The van der Waals surface area contributed by atoms with Crippen molar-refractivity contribution < 1.29 is 12.8 Å². The van der Waals surface area contributed by atoms with Crippen molar-refractivity contribution in [3.63, 3.8) is 0 Å². The Balaban J connectivity index is 2.14. The smallest absolute Gasteiger partial charge is 0.243 e. The molecular weight excluding hydrogens is 291 g/mol. The Bertz CT molecular complexity index is 557. The summed E-state index contributed by atoms with van der Waals surface area (Å²) in [6, 6.07) is 3.48. The highest BCUT2D eigenvalue weighted by molar-refractivity contribution is 7.89. The SMILES string of the molecule is NC1CCC(NS(=O)(=O)c2ccc(Cl)cc2F)CC1. The van der Waals surface area contributed by atoms with Crippen LogP contribution in [0.15, 0.2) is 23.1 Å². The Morgan fingerprint density at radius 1 is 1.26 bits per heavy atom. The molecule has 106 valence electrons. The van der Waals surface area contributed by atoms with Gasteiger partial charge in [-0.15, -0.1) is 0 Å². The molecule has 1 fully saturated rings. The van der Waals surface area contributed by atoms with Gasteiger partial charge in [0.2, 0.25) is 10.0 Å². The number of hydrogen-bond donors (Lipinski definition) is 2. The lowest BCUT2D eigenvalue weighted by molar-refractivity contribution is 0.373. The van der Waals surface area contributed by atoms with E-state index in [1.807, 2.05) is 0 Å². The maximum absolute atomic E-state index is 13.6. The van der Waals surface area contributed by atoms with Crippen LogP contribution in [0.2, 0.25) is 5.02 Å². The minimum atomic E-state index is -3.85. The summed E-state index contributed by atoms with van der Waals surface area (Å²) < 4.78 is 40.3. The monoisotopic (exact) mass is 306 g/mol. The van der Waals surface area contributed by atoms with Gasteiger partial charge in [0.25, 0.3) is 0 Å². The maximum Gasteiger partial charge on any atom is 0.243 e. The molecule has 0 aliphatic heterocycles. The van der Waals surface area contributed by atoms with Crippen LogP contribution in [0.4, 0.5) is 4.39 Å². The largest absolute Gasteiger partial charge is 0.328 e. The lowest BCUT2D eigenvalue weighted by Crippen LogP contribution is -2.40. The van der Waals surface area contributed by atoms with Crippen molar-refractivity contribution in [3.05, 3.63) is 29.0 Å². The molecule has 4 nitrogen and oxygen atoms in total. The first-order chi connectivity index (χ1) is 8.88. The van der Waals surface area contributed by atoms with Gasteiger partial charge in [-0.25, -0.2) is 17.5 Å². The van der Waals surface area contributed by atoms with E-state index in [9.17, 15) is 12.8 Å². The van der Waals surface area contributed by atoms with Gasteiger partial charge in [-0.3, -0.25) is 0 Å². The van der Waals surface area contributed by atoms with Gasteiger partial charge in [0.15, 0.2) is 0 Å². The molecular formula is C12H16ClFN2O2S. The van der Waals surface area contributed by atoms with E-state index < -0.39 is 15.8 Å². The van der Waals surface area contributed by atoms with Gasteiger partial charge in [-0.05, 0) is 43.9 Å². The minimum absolute atomic E-state index is 0.132. The van der Waals surface area contributed by atoms with Crippen LogP contribution in [-0.2, 0) is 10.0 Å². The van der Waals surface area contributed by atoms with Crippen LogP contribution in [0.5, 0.6) is 0 Å². The van der Waals surface area contributed by atoms with Crippen molar-refractivity contribution in [2.45, 2.75) is 42.7 Å². The summed E-state index contributed by atoms with van der Waals surface area (Å²) in [5, 5.41) is 0.167. The molecule has 1 aliphatic carbocycles. The summed E-state index contributed by atoms with van der Waals surface area (Å²) in [5.41, 5.74) is 5.76. The van der Waals surface area contributed by atoms with Crippen LogP contribution in [0, 0.1) is 5.82 Å². The molecule has 3 N–H and O–H groups in total. The van der Waals surface area contributed by atoms with E-state index in [-0.39, 0.29) is 22.0 Å². The number of nitrogens with two attached hydrogens (primary N) is 1. The number of halogens is 2. The van der Waals surface area contributed by atoms with Crippen LogP contribution < -0.4 is 10.5 Å². The van der Waals surface area contributed by atoms with E-state index >= 15 is 0 Å². The van der Waals surface area contributed by atoms with Crippen LogP contribution >= 0.6 is 11.6 Å². The third-order valence-electron chi connectivity index (χ3n) is 3.28. The second kappa shape index (κ2) is 5.75. The van der Waals surface area contributed by atoms with Gasteiger partial charge in [0.1, 0.15) is 10.7 Å². The number of sulfonamides is 1. The van der Waals surface area contributed by atoms with E-state index in [1.165, 1.54) is 12.1 Å². The molecule has 0 amide bonds. The van der Waals surface area contributed by atoms with Crippen LogP contribution in [-0.4, -0.2) is 20.5 Å². The third-order valence-corrected chi connectivity index (χ3v) is 5.07. The molecule has 7 heteroatoms. The summed E-state index contributed by atoms with van der Waals surface area (Å²) in [7, 11) is -3.85. The predicted octanol–water partition coefficient (Wildman–Crippen LogP) is 2.03. The standard InChI is InChI=1S/C12H16ClFN2O2S/c13-8-1-6-12(11(14)7-8)19(17,18)16-10-4-2-9(15)3-5-10/h1,6-7,9-10,16H,2-5,15H2. The third kappa shape index (κ3) is 3.66. The Kier molecular flexibility index (Phi) is 4.45. The fourth-order valence-electron chi connectivity index (χ4n) is 2.21. The number of nitrogens with one attached hydrogen (secondary N) is 1. The van der Waals surface area contributed by atoms with Crippen molar-refractivity contribution in [2.24, 2.45) is 5.73 Å². The highest BCUT2D eigenvalue weighted by Gasteiger charge is 2.26. The minimum Gasteiger partial charge on any atom is -0.328 e. The fraction of sp³-hybridized carbons (Fsp3) is 0.500. The first-order valence-corrected chi connectivity index (χ1v) is 7.97. The second-order valence-corrected chi connectivity index (χ2v) is 6.93. The highest BCUT2D eigenvalue weighted by atomic mass is 35.5. The van der Waals surface area contributed by atoms with E-state index in [2.05, 4.69) is 4.72 Å². The van der Waals surface area contributed by atoms with Crippen LogP contribution in [0.1, 0.15) is 25.7 Å². The van der Waals surface area contributed by atoms with Crippen molar-refractivity contribution >= 4 is 21.6 Å². The van der Waals surface area contributed by atoms with E-state index in [1.54, 1.807) is 0 Å². The zero-order chi connectivity index (χ0) is 14.0. The molecule has 0 heterocycles. The molecule has 1 aromatic carbocycles. The number of hydrogen-bond acceptors (Lipinski definition) is 3. The molecule has 1 aliphatic rings. The van der Waals surface area contributed by atoms with Crippen molar-refractivity contribution in [1.29, 1.82) is 0 Å². The van der Waals surface area contributed by atoms with Gasteiger partial charge >= 0.3 is 0 Å². The molecule has 19 heavy (non-hydrogen) atoms. The molecule has 0 radical (unpaired) electrons. The molecule has 0 spiro atoms. The predicted molar refractivity (Wildman–Crippen MR) is 72.0 cm³/mol. The average Bonchev–Trinajstić information content (AvgIpc) is 2.31. The summed E-state index contributed by atoms with van der Waals surface area (Å²) in [4.78, 5) is -0.369. The summed E-state index contributed by atoms with van der Waals surface area (Å²) >= 11 is 5.61. The van der Waals surface area contributed by atoms with Gasteiger partial charge in [-0.2, -0.15) is 0 Å². The van der Waals surface area contributed by atoms with Gasteiger partial charge in [0, 0.05) is 17.1 Å². The lowest BCUT2D eigenvalue weighted by Gasteiger charge is -2.26.